The van der Waals surface area contributed by atoms with Crippen molar-refractivity contribution in [2.45, 2.75) is 202 Å². The molecule has 25 atom stereocenters. The minimum absolute atomic E-state index is 0.0300. The summed E-state index contributed by atoms with van der Waals surface area (Å²) in [6, 6.07) is 0.124. The normalized spacial score (nSPS) is 51.2. The van der Waals surface area contributed by atoms with Crippen molar-refractivity contribution in [3.8, 4) is 0 Å². The van der Waals surface area contributed by atoms with E-state index >= 15 is 0 Å². The van der Waals surface area contributed by atoms with E-state index in [1.165, 1.54) is 15.8 Å². The predicted molar refractivity (Wildman–Crippen MR) is 237 cm³/mol. The van der Waals surface area contributed by atoms with Gasteiger partial charge in [0, 0.05) is 25.0 Å². The molecule has 10 rings (SSSR count). The number of allylic oxidation sites excluding steroid dienone is 2. The Hall–Kier alpha value is -2.10. The minimum Gasteiger partial charge on any atom is -0.394 e. The number of aromatic nitrogens is 3. The number of likely N-dealkylation sites (tertiary alicyclic amines) is 1. The van der Waals surface area contributed by atoms with Gasteiger partial charge in [0.15, 0.2) is 18.8 Å². The zero-order chi connectivity index (χ0) is 49.0. The van der Waals surface area contributed by atoms with Gasteiger partial charge in [0.1, 0.15) is 73.2 Å². The molecule has 5 aliphatic heterocycles. The highest BCUT2D eigenvalue weighted by Crippen LogP contribution is 2.65. The van der Waals surface area contributed by atoms with Gasteiger partial charge >= 0.3 is 0 Å². The molecule has 69 heavy (non-hydrogen) atoms. The molecule has 0 bridgehead atoms. The number of hydrogen-bond donors (Lipinski definition) is 11. The van der Waals surface area contributed by atoms with Crippen LogP contribution in [0.3, 0.4) is 0 Å². The third-order valence-electron chi connectivity index (χ3n) is 18.4. The maximum atomic E-state index is 11.5. The standard InChI is InChI=1S/C48H74N4O17/c1-20-11-30-34(22(3)48(69-30)10-8-26-27-6-5-23-12-25(56)7-9-47(23,4)29(27)13-28(26)21(48)2)51(14-20)15-24-16-52(50-49-24)44-39(61)37(59)42(32(18-54)64-44)67-46-41(63)38(60)43(33(19-55)66-46)68-45-40(62)36(58)35(57)31(17-53)65-45/h5,16,20,22,25-27,29-46,53-63H,6-15,17-19H2,1-4H3/t20-,22+,25-,26-,27-,29-,30+,31?,32?,33?,34-,35+,36?,37?,38?,39-,40-,41-,42+,43+,44+,45-,46-,47-,48-/m0/s1. The highest BCUT2D eigenvalue weighted by Gasteiger charge is 2.62. The van der Waals surface area contributed by atoms with Gasteiger partial charge < -0.3 is 84.6 Å². The lowest BCUT2D eigenvalue weighted by Gasteiger charge is -2.49. The summed E-state index contributed by atoms with van der Waals surface area (Å²) < 4.78 is 37.4. The zero-order valence-electron chi connectivity index (χ0n) is 39.8. The van der Waals surface area contributed by atoms with Crippen molar-refractivity contribution in [2.24, 2.45) is 35.0 Å². The number of nitrogens with zero attached hydrogens (tertiary/aromatic N) is 4. The molecule has 9 aliphatic rings. The van der Waals surface area contributed by atoms with Gasteiger partial charge in [-0.15, -0.1) is 5.10 Å². The monoisotopic (exact) mass is 979 g/mol. The molecule has 0 amide bonds. The summed E-state index contributed by atoms with van der Waals surface area (Å²) in [4.78, 5) is 2.45. The molecule has 11 N–H and O–H groups in total. The lowest BCUT2D eigenvalue weighted by atomic mass is 9.56. The highest BCUT2D eigenvalue weighted by atomic mass is 16.7. The summed E-state index contributed by atoms with van der Waals surface area (Å²) in [6.45, 7) is 8.36. The van der Waals surface area contributed by atoms with Gasteiger partial charge in [0.25, 0.3) is 0 Å². The molecule has 388 valence electrons. The second-order valence-corrected chi connectivity index (χ2v) is 22.2. The summed E-state index contributed by atoms with van der Waals surface area (Å²) in [7, 11) is 0. The van der Waals surface area contributed by atoms with Crippen LogP contribution in [0.5, 0.6) is 0 Å². The van der Waals surface area contributed by atoms with Gasteiger partial charge in [-0.25, -0.2) is 4.68 Å². The molecule has 5 saturated heterocycles. The Bertz CT molecular complexity index is 2060. The largest absolute Gasteiger partial charge is 0.394 e. The molecule has 1 aromatic rings. The van der Waals surface area contributed by atoms with Crippen LogP contribution in [0.25, 0.3) is 0 Å². The first-order valence-corrected chi connectivity index (χ1v) is 25.2. The van der Waals surface area contributed by atoms with Crippen LogP contribution in [-0.2, 0) is 35.0 Å². The second-order valence-electron chi connectivity index (χ2n) is 22.2. The summed E-state index contributed by atoms with van der Waals surface area (Å²) in [5.41, 5.74) is 4.89. The SMILES string of the molecule is CC1=C2C[C@H]3[C@@H](CC=C4C[C@@H](O)CC[C@@]43C)[C@@H]2CC[C@]12O[C@@H]1C[C@H](C)CN(Cc3cn([C@@H]4OC(CO)[C@@H](O[C@@H]5OC(CO)[C@@H](O[C@@H]6OC(CO)[C@@H](O)C(O)[C@@H]6O)C(O)[C@@H]5O)C(O)[C@@H]4O)nn3)[C@H]1[C@H]2C. The average molecular weight is 979 g/mol. The van der Waals surface area contributed by atoms with Gasteiger partial charge in [-0.3, -0.25) is 4.90 Å². The van der Waals surface area contributed by atoms with Gasteiger partial charge in [-0.1, -0.05) is 43.2 Å². The highest BCUT2D eigenvalue weighted by molar-refractivity contribution is 5.38. The molecule has 2 saturated carbocycles. The number of piperidine rings is 1. The molecule has 1 spiro atoms. The molecule has 6 unspecified atom stereocenters. The number of fused-ring (bicyclic) bond motifs is 6. The van der Waals surface area contributed by atoms with Gasteiger partial charge in [-0.2, -0.15) is 0 Å². The Balaban J connectivity index is 0.799. The molecule has 6 heterocycles. The third kappa shape index (κ3) is 8.41. The Morgan fingerprint density at radius 1 is 0.768 bits per heavy atom. The van der Waals surface area contributed by atoms with E-state index in [9.17, 15) is 56.2 Å². The Morgan fingerprint density at radius 3 is 2.12 bits per heavy atom. The van der Waals surface area contributed by atoms with Crippen molar-refractivity contribution < 1.29 is 84.6 Å². The zero-order valence-corrected chi connectivity index (χ0v) is 39.8. The van der Waals surface area contributed by atoms with E-state index in [1.54, 1.807) is 11.8 Å². The fourth-order valence-corrected chi connectivity index (χ4v) is 14.6. The molecule has 4 aliphatic carbocycles. The van der Waals surface area contributed by atoms with E-state index in [0.717, 1.165) is 57.9 Å². The van der Waals surface area contributed by atoms with Gasteiger partial charge in [0.05, 0.1) is 49.5 Å². The van der Waals surface area contributed by atoms with Crippen molar-refractivity contribution in [2.75, 3.05) is 26.4 Å². The molecular weight excluding hydrogens is 905 g/mol. The number of aliphatic hydroxyl groups is 11. The lowest BCUT2D eigenvalue weighted by Crippen LogP contribution is -2.66. The smallest absolute Gasteiger partial charge is 0.187 e. The van der Waals surface area contributed by atoms with Crippen LogP contribution in [0.15, 0.2) is 29.0 Å². The molecule has 21 nitrogen and oxygen atoms in total. The molecular formula is C48H74N4O17. The first kappa shape index (κ1) is 50.4. The van der Waals surface area contributed by atoms with E-state index in [2.05, 4.69) is 49.0 Å². The van der Waals surface area contributed by atoms with Crippen LogP contribution >= 0.6 is 0 Å². The number of rotatable bonds is 10. The number of ether oxygens (including phenoxy) is 6. The Kier molecular flexibility index (Phi) is 14.1. The quantitative estimate of drug-likeness (QED) is 0.114. The molecule has 0 radical (unpaired) electrons. The van der Waals surface area contributed by atoms with Gasteiger partial charge in [0.2, 0.25) is 0 Å². The first-order chi connectivity index (χ1) is 32.9. The van der Waals surface area contributed by atoms with Crippen molar-refractivity contribution >= 4 is 0 Å². The van der Waals surface area contributed by atoms with E-state index < -0.39 is 112 Å². The van der Waals surface area contributed by atoms with Crippen LogP contribution in [0, 0.1) is 35.0 Å². The lowest BCUT2D eigenvalue weighted by molar-refractivity contribution is -0.374. The van der Waals surface area contributed by atoms with Crippen LogP contribution in [-0.4, -0.2) is 212 Å². The minimum atomic E-state index is -1.94. The van der Waals surface area contributed by atoms with Crippen LogP contribution in [0.1, 0.15) is 91.0 Å². The number of hydrogen-bond acceptors (Lipinski definition) is 20. The fourth-order valence-electron chi connectivity index (χ4n) is 14.6. The van der Waals surface area contributed by atoms with Crippen molar-refractivity contribution in [3.63, 3.8) is 0 Å². The maximum Gasteiger partial charge on any atom is 0.187 e. The molecule has 7 fully saturated rings. The van der Waals surface area contributed by atoms with E-state index in [4.69, 9.17) is 28.4 Å². The van der Waals surface area contributed by atoms with Crippen LogP contribution < -0.4 is 0 Å². The van der Waals surface area contributed by atoms with E-state index in [1.807, 2.05) is 0 Å². The number of aliphatic hydroxyl groups excluding tert-OH is 11. The predicted octanol–water partition coefficient (Wildman–Crippen LogP) is -1.87. The molecule has 0 aromatic carbocycles. The summed E-state index contributed by atoms with van der Waals surface area (Å²) in [5, 5.41) is 126. The fraction of sp³-hybridized carbons (Fsp3) is 0.875. The van der Waals surface area contributed by atoms with Crippen LogP contribution in [0.4, 0.5) is 0 Å². The van der Waals surface area contributed by atoms with Crippen molar-refractivity contribution in [3.05, 3.63) is 34.7 Å². The second kappa shape index (κ2) is 19.3. The Labute approximate surface area is 401 Å². The molecule has 1 aromatic heterocycles. The van der Waals surface area contributed by atoms with Crippen molar-refractivity contribution in [1.82, 2.24) is 19.9 Å². The summed E-state index contributed by atoms with van der Waals surface area (Å²) in [5.74, 6) is 2.35. The van der Waals surface area contributed by atoms with Crippen LogP contribution in [0.2, 0.25) is 0 Å². The third-order valence-corrected chi connectivity index (χ3v) is 18.4. The molecule has 21 heteroatoms. The topological polar surface area (TPSA) is 312 Å². The maximum absolute atomic E-state index is 11.5. The average Bonchev–Trinajstić information content (AvgIpc) is 4.04. The van der Waals surface area contributed by atoms with Gasteiger partial charge in [-0.05, 0) is 93.0 Å². The summed E-state index contributed by atoms with van der Waals surface area (Å²) in [6.07, 6.45) is -12.8. The van der Waals surface area contributed by atoms with Crippen molar-refractivity contribution in [1.29, 1.82) is 0 Å². The first-order valence-electron chi connectivity index (χ1n) is 25.2. The van der Waals surface area contributed by atoms with E-state index in [-0.39, 0.29) is 35.2 Å². The van der Waals surface area contributed by atoms with E-state index in [0.29, 0.717) is 35.9 Å². The Morgan fingerprint density at radius 2 is 1.42 bits per heavy atom. The summed E-state index contributed by atoms with van der Waals surface area (Å²) >= 11 is 0.